The van der Waals surface area contributed by atoms with Crippen molar-refractivity contribution in [2.45, 2.75) is 6.92 Å². The molecule has 0 amide bonds. The van der Waals surface area contributed by atoms with E-state index in [4.69, 9.17) is 13.9 Å². The SMILES string of the molecule is COc1cc(C)c(C(=O)/C=C/c2ccco2)c(OC)c1. The van der Waals surface area contributed by atoms with Crippen molar-refractivity contribution < 1.29 is 18.7 Å². The molecule has 0 spiro atoms. The predicted molar refractivity (Wildman–Crippen MR) is 76.4 cm³/mol. The summed E-state index contributed by atoms with van der Waals surface area (Å²) < 4.78 is 15.6. The third-order valence-corrected chi connectivity index (χ3v) is 2.92. The summed E-state index contributed by atoms with van der Waals surface area (Å²) in [7, 11) is 3.10. The molecule has 0 radical (unpaired) electrons. The summed E-state index contributed by atoms with van der Waals surface area (Å²) >= 11 is 0. The highest BCUT2D eigenvalue weighted by atomic mass is 16.5. The number of ether oxygens (including phenoxy) is 2. The normalized spacial score (nSPS) is 10.8. The number of ketones is 1. The van der Waals surface area contributed by atoms with Gasteiger partial charge < -0.3 is 13.9 Å². The van der Waals surface area contributed by atoms with Gasteiger partial charge in [0, 0.05) is 6.07 Å². The number of aryl methyl sites for hydroxylation is 1. The van der Waals surface area contributed by atoms with Gasteiger partial charge in [-0.2, -0.15) is 0 Å². The molecule has 0 aliphatic carbocycles. The standard InChI is InChI=1S/C16H16O4/c1-11-9-13(18-2)10-15(19-3)16(11)14(17)7-6-12-5-4-8-20-12/h4-10H,1-3H3/b7-6+. The predicted octanol–water partition coefficient (Wildman–Crippen LogP) is 3.50. The van der Waals surface area contributed by atoms with Gasteiger partial charge in [0.25, 0.3) is 0 Å². The van der Waals surface area contributed by atoms with E-state index in [1.807, 2.05) is 6.92 Å². The third-order valence-electron chi connectivity index (χ3n) is 2.92. The average Bonchev–Trinajstić information content (AvgIpc) is 2.97. The molecule has 2 aromatic rings. The van der Waals surface area contributed by atoms with E-state index in [1.165, 1.54) is 13.2 Å². The van der Waals surface area contributed by atoms with Crippen molar-refractivity contribution in [1.29, 1.82) is 0 Å². The Balaban J connectivity index is 2.34. The maximum Gasteiger partial charge on any atom is 0.189 e. The summed E-state index contributed by atoms with van der Waals surface area (Å²) in [6.07, 6.45) is 4.66. The first kappa shape index (κ1) is 13.9. The monoisotopic (exact) mass is 272 g/mol. The fourth-order valence-corrected chi connectivity index (χ4v) is 1.94. The summed E-state index contributed by atoms with van der Waals surface area (Å²) in [5, 5.41) is 0. The maximum atomic E-state index is 12.3. The molecule has 1 heterocycles. The van der Waals surface area contributed by atoms with E-state index < -0.39 is 0 Å². The van der Waals surface area contributed by atoms with Crippen molar-refractivity contribution in [3.63, 3.8) is 0 Å². The Hall–Kier alpha value is -2.49. The van der Waals surface area contributed by atoms with E-state index in [2.05, 4.69) is 0 Å². The minimum absolute atomic E-state index is 0.140. The van der Waals surface area contributed by atoms with Crippen molar-refractivity contribution in [3.05, 3.63) is 53.5 Å². The second-order valence-corrected chi connectivity index (χ2v) is 4.23. The van der Waals surface area contributed by atoms with Crippen molar-refractivity contribution in [3.8, 4) is 11.5 Å². The average molecular weight is 272 g/mol. The zero-order valence-electron chi connectivity index (χ0n) is 11.7. The molecule has 0 saturated heterocycles. The number of benzene rings is 1. The van der Waals surface area contributed by atoms with Gasteiger partial charge in [0.15, 0.2) is 5.78 Å². The van der Waals surface area contributed by atoms with Crippen LogP contribution in [0.4, 0.5) is 0 Å². The van der Waals surface area contributed by atoms with Gasteiger partial charge in [-0.15, -0.1) is 0 Å². The Morgan fingerprint density at radius 2 is 2.05 bits per heavy atom. The number of carbonyl (C=O) groups excluding carboxylic acids is 1. The molecule has 20 heavy (non-hydrogen) atoms. The lowest BCUT2D eigenvalue weighted by molar-refractivity contribution is 0.104. The lowest BCUT2D eigenvalue weighted by Crippen LogP contribution is -2.03. The topological polar surface area (TPSA) is 48.7 Å². The molecule has 0 aliphatic rings. The lowest BCUT2D eigenvalue weighted by Gasteiger charge is -2.11. The molecule has 0 fully saturated rings. The van der Waals surface area contributed by atoms with Crippen LogP contribution in [0, 0.1) is 6.92 Å². The van der Waals surface area contributed by atoms with Crippen molar-refractivity contribution in [1.82, 2.24) is 0 Å². The summed E-state index contributed by atoms with van der Waals surface area (Å²) in [5.41, 5.74) is 1.33. The van der Waals surface area contributed by atoms with Gasteiger partial charge in [-0.05, 0) is 42.8 Å². The quantitative estimate of drug-likeness (QED) is 0.617. The summed E-state index contributed by atoms with van der Waals surface area (Å²) in [6.45, 7) is 1.85. The first-order chi connectivity index (χ1) is 9.65. The number of methoxy groups -OCH3 is 2. The molecule has 0 saturated carbocycles. The summed E-state index contributed by atoms with van der Waals surface area (Å²) in [6, 6.07) is 7.04. The van der Waals surface area contributed by atoms with Gasteiger partial charge in [-0.3, -0.25) is 4.79 Å². The van der Waals surface area contributed by atoms with Crippen LogP contribution in [0.15, 0.2) is 41.0 Å². The molecule has 4 nitrogen and oxygen atoms in total. The highest BCUT2D eigenvalue weighted by molar-refractivity contribution is 6.09. The molecule has 1 aromatic heterocycles. The largest absolute Gasteiger partial charge is 0.497 e. The molecule has 104 valence electrons. The van der Waals surface area contributed by atoms with Crippen molar-refractivity contribution in [2.75, 3.05) is 14.2 Å². The number of furan rings is 1. The van der Waals surface area contributed by atoms with Crippen LogP contribution in [0.2, 0.25) is 0 Å². The van der Waals surface area contributed by atoms with Crippen LogP contribution in [0.5, 0.6) is 11.5 Å². The van der Waals surface area contributed by atoms with Gasteiger partial charge in [0.2, 0.25) is 0 Å². The lowest BCUT2D eigenvalue weighted by atomic mass is 10.0. The van der Waals surface area contributed by atoms with Crippen LogP contribution in [0.1, 0.15) is 21.7 Å². The molecule has 0 bridgehead atoms. The second-order valence-electron chi connectivity index (χ2n) is 4.23. The molecule has 0 aliphatic heterocycles. The fraction of sp³-hybridized carbons (Fsp3) is 0.188. The Kier molecular flexibility index (Phi) is 4.25. The number of hydrogen-bond donors (Lipinski definition) is 0. The smallest absolute Gasteiger partial charge is 0.189 e. The minimum Gasteiger partial charge on any atom is -0.497 e. The van der Waals surface area contributed by atoms with Gasteiger partial charge in [0.1, 0.15) is 17.3 Å². The number of rotatable bonds is 5. The molecule has 0 unspecified atom stereocenters. The number of carbonyl (C=O) groups is 1. The first-order valence-electron chi connectivity index (χ1n) is 6.14. The molecule has 4 heteroatoms. The Bertz CT molecular complexity index is 624. The van der Waals surface area contributed by atoms with Gasteiger partial charge in [0.05, 0.1) is 26.0 Å². The van der Waals surface area contributed by atoms with Crippen LogP contribution in [0.3, 0.4) is 0 Å². The molecule has 2 rings (SSSR count). The van der Waals surface area contributed by atoms with E-state index in [9.17, 15) is 4.79 Å². The molecule has 1 aromatic carbocycles. The highest BCUT2D eigenvalue weighted by Gasteiger charge is 2.15. The first-order valence-corrected chi connectivity index (χ1v) is 6.14. The van der Waals surface area contributed by atoms with Crippen molar-refractivity contribution >= 4 is 11.9 Å². The number of allylic oxidation sites excluding steroid dienone is 1. The van der Waals surface area contributed by atoms with E-state index in [-0.39, 0.29) is 5.78 Å². The van der Waals surface area contributed by atoms with Gasteiger partial charge in [-0.25, -0.2) is 0 Å². The van der Waals surface area contributed by atoms with Crippen LogP contribution < -0.4 is 9.47 Å². The second kappa shape index (κ2) is 6.10. The Labute approximate surface area is 117 Å². The van der Waals surface area contributed by atoms with Crippen LogP contribution in [-0.4, -0.2) is 20.0 Å². The fourth-order valence-electron chi connectivity index (χ4n) is 1.94. The molecule has 0 atom stereocenters. The number of hydrogen-bond acceptors (Lipinski definition) is 4. The van der Waals surface area contributed by atoms with Crippen molar-refractivity contribution in [2.24, 2.45) is 0 Å². The van der Waals surface area contributed by atoms with E-state index in [0.29, 0.717) is 22.8 Å². The summed E-state index contributed by atoms with van der Waals surface area (Å²) in [5.74, 6) is 1.64. The van der Waals surface area contributed by atoms with E-state index in [0.717, 1.165) is 5.56 Å². The Morgan fingerprint density at radius 3 is 2.65 bits per heavy atom. The molecule has 0 N–H and O–H groups in total. The zero-order valence-corrected chi connectivity index (χ0v) is 11.7. The van der Waals surface area contributed by atoms with Crippen LogP contribution in [0.25, 0.3) is 6.08 Å². The third kappa shape index (κ3) is 2.91. The maximum absolute atomic E-state index is 12.3. The summed E-state index contributed by atoms with van der Waals surface area (Å²) in [4.78, 5) is 12.3. The van der Waals surface area contributed by atoms with Crippen LogP contribution >= 0.6 is 0 Å². The van der Waals surface area contributed by atoms with Crippen LogP contribution in [-0.2, 0) is 0 Å². The van der Waals surface area contributed by atoms with Gasteiger partial charge >= 0.3 is 0 Å². The van der Waals surface area contributed by atoms with E-state index in [1.54, 1.807) is 43.7 Å². The van der Waals surface area contributed by atoms with Gasteiger partial charge in [-0.1, -0.05) is 0 Å². The molecular weight excluding hydrogens is 256 g/mol. The highest BCUT2D eigenvalue weighted by Crippen LogP contribution is 2.29. The molecular formula is C16H16O4. The van der Waals surface area contributed by atoms with E-state index >= 15 is 0 Å². The minimum atomic E-state index is -0.140. The Morgan fingerprint density at radius 1 is 1.25 bits per heavy atom. The zero-order chi connectivity index (χ0) is 14.5.